The predicted octanol–water partition coefficient (Wildman–Crippen LogP) is 1.83. The van der Waals surface area contributed by atoms with E-state index in [0.717, 1.165) is 0 Å². The van der Waals surface area contributed by atoms with Crippen molar-refractivity contribution in [1.29, 1.82) is 0 Å². The third kappa shape index (κ3) is 5.31. The van der Waals surface area contributed by atoms with Crippen molar-refractivity contribution < 1.29 is 23.8 Å². The van der Waals surface area contributed by atoms with E-state index < -0.39 is 23.4 Å². The van der Waals surface area contributed by atoms with Gasteiger partial charge in [0.1, 0.15) is 29.6 Å². The number of hydrogen-bond acceptors (Lipinski definition) is 6. The number of carbonyl (C=O) groups excluding carboxylic acids is 2. The van der Waals surface area contributed by atoms with E-state index in [9.17, 15) is 19.1 Å². The van der Waals surface area contributed by atoms with Gasteiger partial charge in [-0.2, -0.15) is 0 Å². The zero-order chi connectivity index (χ0) is 25.3. The molecule has 0 radical (unpaired) electrons. The van der Waals surface area contributed by atoms with Gasteiger partial charge < -0.3 is 20.5 Å². The van der Waals surface area contributed by atoms with Gasteiger partial charge in [-0.05, 0) is 49.7 Å². The Hall–Kier alpha value is -4.23. The first-order valence-electron chi connectivity index (χ1n) is 10.8. The molecule has 0 saturated carbocycles. The van der Waals surface area contributed by atoms with Gasteiger partial charge in [-0.1, -0.05) is 24.0 Å². The number of aliphatic hydroxyl groups is 1. The van der Waals surface area contributed by atoms with Crippen LogP contribution in [0.15, 0.2) is 42.5 Å². The van der Waals surface area contributed by atoms with Crippen LogP contribution in [-0.2, 0) is 11.2 Å². The van der Waals surface area contributed by atoms with Crippen LogP contribution in [0.1, 0.15) is 47.5 Å². The molecule has 0 saturated heterocycles. The predicted molar refractivity (Wildman–Crippen MR) is 125 cm³/mol. The monoisotopic (exact) mass is 477 g/mol. The highest BCUT2D eigenvalue weighted by Gasteiger charge is 2.34. The Balaban J connectivity index is 1.70. The molecule has 0 aliphatic carbocycles. The van der Waals surface area contributed by atoms with Crippen molar-refractivity contribution in [3.63, 3.8) is 0 Å². The summed E-state index contributed by atoms with van der Waals surface area (Å²) in [6.07, 6.45) is 0.120. The van der Waals surface area contributed by atoms with Gasteiger partial charge in [-0.3, -0.25) is 9.59 Å². The van der Waals surface area contributed by atoms with E-state index in [1.807, 2.05) is 0 Å². The first-order chi connectivity index (χ1) is 16.5. The largest absolute Gasteiger partial charge is 0.489 e. The molecule has 0 fully saturated rings. The summed E-state index contributed by atoms with van der Waals surface area (Å²) in [4.78, 5) is 30.9. The molecule has 1 aliphatic rings. The molecule has 2 aromatic carbocycles. The number of ether oxygens (including phenoxy) is 1. The summed E-state index contributed by atoms with van der Waals surface area (Å²) < 4.78 is 20.9. The van der Waals surface area contributed by atoms with E-state index in [1.165, 1.54) is 21.7 Å². The van der Waals surface area contributed by atoms with Crippen LogP contribution in [0.2, 0.25) is 0 Å². The van der Waals surface area contributed by atoms with Crippen LogP contribution in [0.4, 0.5) is 10.1 Å². The SMILES string of the molecule is CN1C(=O)[C@@H](n2nc(C(N)=O)nc2Cc2cccc(F)c2)COc2ccc(C#CC(C)(C)O)cc21. The first kappa shape index (κ1) is 23.9. The van der Waals surface area contributed by atoms with Crippen molar-refractivity contribution in [1.82, 2.24) is 14.8 Å². The van der Waals surface area contributed by atoms with Gasteiger partial charge in [0.2, 0.25) is 5.82 Å². The minimum absolute atomic E-state index is 0.0808. The molecule has 0 unspecified atom stereocenters. The highest BCUT2D eigenvalue weighted by Crippen LogP contribution is 2.34. The van der Waals surface area contributed by atoms with Gasteiger partial charge in [0.05, 0.1) is 5.69 Å². The molecule has 0 bridgehead atoms. The Morgan fingerprint density at radius 1 is 1.31 bits per heavy atom. The van der Waals surface area contributed by atoms with Gasteiger partial charge in [0.15, 0.2) is 6.04 Å². The van der Waals surface area contributed by atoms with E-state index in [0.29, 0.717) is 22.6 Å². The maximum atomic E-state index is 13.7. The second-order valence-electron chi connectivity index (χ2n) is 8.68. The molecule has 2 heterocycles. The molecule has 9 nitrogen and oxygen atoms in total. The minimum atomic E-state index is -1.17. The van der Waals surface area contributed by atoms with Crippen molar-refractivity contribution in [2.75, 3.05) is 18.6 Å². The number of halogens is 1. The molecular weight excluding hydrogens is 453 g/mol. The number of fused-ring (bicyclic) bond motifs is 1. The number of benzene rings is 2. The number of aromatic nitrogens is 3. The number of primary amides is 1. The van der Waals surface area contributed by atoms with Crippen molar-refractivity contribution >= 4 is 17.5 Å². The number of anilines is 1. The lowest BCUT2D eigenvalue weighted by atomic mass is 10.1. The number of hydrogen-bond donors (Lipinski definition) is 2. The number of carbonyl (C=O) groups is 2. The van der Waals surface area contributed by atoms with Crippen molar-refractivity contribution in [2.45, 2.75) is 31.9 Å². The molecular formula is C25H24FN5O4. The fraction of sp³-hybridized carbons (Fsp3) is 0.280. The maximum absolute atomic E-state index is 13.7. The van der Waals surface area contributed by atoms with Gasteiger partial charge >= 0.3 is 0 Å². The fourth-order valence-electron chi connectivity index (χ4n) is 3.62. The minimum Gasteiger partial charge on any atom is -0.489 e. The molecule has 1 aromatic heterocycles. The average molecular weight is 477 g/mol. The molecule has 2 amide bonds. The summed E-state index contributed by atoms with van der Waals surface area (Å²) in [5, 5.41) is 14.0. The standard InChI is InChI=1S/C25H24FN5O4/c1-25(2,34)10-9-15-7-8-20-18(12-15)30(3)24(33)19(14-35-20)31-21(28-23(29-31)22(27)32)13-16-5-4-6-17(26)11-16/h4-8,11-12,19,34H,13-14H2,1-3H3,(H2,27,32)/t19-/m0/s1. The Morgan fingerprint density at radius 2 is 2.09 bits per heavy atom. The zero-order valence-corrected chi connectivity index (χ0v) is 19.4. The summed E-state index contributed by atoms with van der Waals surface area (Å²) in [7, 11) is 1.59. The number of likely N-dealkylation sites (N-methyl/N-ethyl adjacent to an activating group) is 1. The van der Waals surface area contributed by atoms with Crippen LogP contribution in [-0.4, -0.2) is 50.9 Å². The van der Waals surface area contributed by atoms with E-state index in [2.05, 4.69) is 21.9 Å². The van der Waals surface area contributed by atoms with Crippen molar-refractivity contribution in [3.05, 3.63) is 71.1 Å². The Bertz CT molecular complexity index is 1370. The molecule has 10 heteroatoms. The van der Waals surface area contributed by atoms with E-state index in [1.54, 1.807) is 51.2 Å². The van der Waals surface area contributed by atoms with Crippen LogP contribution < -0.4 is 15.4 Å². The normalized spacial score (nSPS) is 15.5. The van der Waals surface area contributed by atoms with Gasteiger partial charge in [-0.15, -0.1) is 5.10 Å². The Labute approximate surface area is 201 Å². The molecule has 180 valence electrons. The summed E-state index contributed by atoms with van der Waals surface area (Å²) in [6, 6.07) is 10.1. The molecule has 3 aromatic rings. The number of amides is 2. The molecule has 0 spiro atoms. The van der Waals surface area contributed by atoms with E-state index in [-0.39, 0.29) is 30.6 Å². The number of nitrogens with two attached hydrogens (primary N) is 1. The zero-order valence-electron chi connectivity index (χ0n) is 19.4. The van der Waals surface area contributed by atoms with Gasteiger partial charge in [0, 0.05) is 19.0 Å². The second kappa shape index (κ2) is 9.19. The van der Waals surface area contributed by atoms with Gasteiger partial charge in [-0.25, -0.2) is 14.1 Å². The number of nitrogens with zero attached hydrogens (tertiary/aromatic N) is 4. The average Bonchev–Trinajstić information content (AvgIpc) is 3.16. The quantitative estimate of drug-likeness (QED) is 0.553. The van der Waals surface area contributed by atoms with Crippen molar-refractivity contribution in [2.24, 2.45) is 5.73 Å². The summed E-state index contributed by atoms with van der Waals surface area (Å²) in [5.41, 5.74) is 5.89. The summed E-state index contributed by atoms with van der Waals surface area (Å²) >= 11 is 0. The van der Waals surface area contributed by atoms with E-state index >= 15 is 0 Å². The molecule has 1 atom stereocenters. The molecule has 4 rings (SSSR count). The third-order valence-corrected chi connectivity index (χ3v) is 5.31. The second-order valence-corrected chi connectivity index (χ2v) is 8.68. The Kier molecular flexibility index (Phi) is 6.28. The maximum Gasteiger partial charge on any atom is 0.288 e. The van der Waals surface area contributed by atoms with Crippen LogP contribution >= 0.6 is 0 Å². The van der Waals surface area contributed by atoms with E-state index in [4.69, 9.17) is 10.5 Å². The summed E-state index contributed by atoms with van der Waals surface area (Å²) in [5.74, 6) is 4.46. The lowest BCUT2D eigenvalue weighted by molar-refractivity contribution is -0.122. The van der Waals surface area contributed by atoms with Gasteiger partial charge in [0.25, 0.3) is 11.8 Å². The topological polar surface area (TPSA) is 124 Å². The fourth-order valence-corrected chi connectivity index (χ4v) is 3.62. The highest BCUT2D eigenvalue weighted by atomic mass is 19.1. The number of rotatable bonds is 4. The molecule has 1 aliphatic heterocycles. The molecule has 35 heavy (non-hydrogen) atoms. The van der Waals surface area contributed by atoms with Crippen LogP contribution in [0.25, 0.3) is 0 Å². The van der Waals surface area contributed by atoms with Crippen molar-refractivity contribution in [3.8, 4) is 17.6 Å². The van der Waals surface area contributed by atoms with Crippen LogP contribution in [0.3, 0.4) is 0 Å². The van der Waals surface area contributed by atoms with Crippen LogP contribution in [0, 0.1) is 17.7 Å². The lowest BCUT2D eigenvalue weighted by Crippen LogP contribution is -2.36. The summed E-state index contributed by atoms with van der Waals surface area (Å²) in [6.45, 7) is 3.07. The lowest BCUT2D eigenvalue weighted by Gasteiger charge is -2.21. The highest BCUT2D eigenvalue weighted by molar-refractivity contribution is 5.98. The van der Waals surface area contributed by atoms with Crippen LogP contribution in [0.5, 0.6) is 5.75 Å². The smallest absolute Gasteiger partial charge is 0.288 e. The first-order valence-corrected chi connectivity index (χ1v) is 10.8. The Morgan fingerprint density at radius 3 is 2.77 bits per heavy atom. The molecule has 3 N–H and O–H groups in total. The third-order valence-electron chi connectivity index (χ3n) is 5.31.